The Morgan fingerprint density at radius 2 is 2.10 bits per heavy atom. The largest absolute Gasteiger partial charge is 0.337 e. The number of rotatable bonds is 6. The van der Waals surface area contributed by atoms with Gasteiger partial charge in [-0.15, -0.1) is 0 Å². The van der Waals surface area contributed by atoms with Crippen LogP contribution in [-0.2, 0) is 21.4 Å². The number of halogens is 1. The number of hydrogen-bond acceptors (Lipinski definition) is 6. The number of ketones is 1. The minimum atomic E-state index is -3.93. The van der Waals surface area contributed by atoms with Gasteiger partial charge in [0, 0.05) is 61.0 Å². The molecule has 3 aromatic rings. The number of imidazole rings is 1. The van der Waals surface area contributed by atoms with Gasteiger partial charge in [0.1, 0.15) is 5.78 Å². The second-order valence-corrected chi connectivity index (χ2v) is 9.26. The van der Waals surface area contributed by atoms with E-state index in [1.165, 1.54) is 16.6 Å². The molecule has 1 aromatic carbocycles. The molecule has 3 heterocycles. The highest BCUT2D eigenvalue weighted by Crippen LogP contribution is 2.34. The van der Waals surface area contributed by atoms with E-state index >= 15 is 0 Å². The molecule has 0 aliphatic carbocycles. The molecule has 1 saturated heterocycles. The zero-order valence-corrected chi connectivity index (χ0v) is 17.1. The number of aromatic nitrogens is 3. The number of nitrogens with zero attached hydrogens (tertiary/aromatic N) is 4. The maximum atomic E-state index is 13.4. The van der Waals surface area contributed by atoms with Crippen LogP contribution in [0.25, 0.3) is 10.8 Å². The second-order valence-electron chi connectivity index (χ2n) is 6.99. The van der Waals surface area contributed by atoms with Crippen LogP contribution in [0.3, 0.4) is 0 Å². The van der Waals surface area contributed by atoms with Crippen molar-refractivity contribution < 1.29 is 13.2 Å². The molecule has 2 N–H and O–H groups in total. The van der Waals surface area contributed by atoms with E-state index in [4.69, 9.17) is 17.3 Å². The number of hydrogen-bond donors (Lipinski definition) is 1. The maximum Gasteiger partial charge on any atom is 0.245 e. The predicted octanol–water partition coefficient (Wildman–Crippen LogP) is 2.04. The number of aryl methyl sites for hydroxylation is 1. The molecule has 2 atom stereocenters. The molecule has 152 valence electrons. The first kappa shape index (κ1) is 20.0. The molecule has 0 radical (unpaired) electrons. The minimum absolute atomic E-state index is 0.0518. The van der Waals surface area contributed by atoms with Gasteiger partial charge in [-0.25, -0.2) is 13.4 Å². The first-order chi connectivity index (χ1) is 13.9. The van der Waals surface area contributed by atoms with Gasteiger partial charge in [-0.2, -0.15) is 4.31 Å². The van der Waals surface area contributed by atoms with Crippen LogP contribution in [0, 0.1) is 5.92 Å². The highest BCUT2D eigenvalue weighted by Gasteiger charge is 2.42. The van der Waals surface area contributed by atoms with Gasteiger partial charge < -0.3 is 10.3 Å². The Hall–Kier alpha value is -2.33. The SMILES string of the molecule is N[C@@H]1C(C(=O)CCn2ccnc2)CCN1S(=O)(=O)c1cccc2cncc(Cl)c12. The van der Waals surface area contributed by atoms with E-state index in [1.807, 2.05) is 0 Å². The lowest BCUT2D eigenvalue weighted by molar-refractivity contribution is -0.123. The molecule has 1 aliphatic heterocycles. The second kappa shape index (κ2) is 7.83. The average Bonchev–Trinajstić information content (AvgIpc) is 3.36. The standard InChI is InChI=1S/C19H20ClN5O3S/c20-15-11-23-10-13-2-1-3-17(18(13)15)29(27,28)25-8-4-14(19(25)21)16(26)5-7-24-9-6-22-12-24/h1-3,6,9-12,14,19H,4-5,7-8,21H2/t14?,19-/m0/s1. The van der Waals surface area contributed by atoms with Crippen molar-refractivity contribution in [2.45, 2.75) is 30.4 Å². The number of carbonyl (C=O) groups is 1. The van der Waals surface area contributed by atoms with Crippen LogP contribution < -0.4 is 5.73 Å². The fourth-order valence-electron chi connectivity index (χ4n) is 3.76. The summed E-state index contributed by atoms with van der Waals surface area (Å²) in [6, 6.07) is 4.90. The molecule has 10 heteroatoms. The molecule has 0 saturated carbocycles. The van der Waals surface area contributed by atoms with Crippen LogP contribution in [0.4, 0.5) is 0 Å². The Balaban J connectivity index is 1.58. The van der Waals surface area contributed by atoms with Crippen LogP contribution in [0.2, 0.25) is 5.02 Å². The van der Waals surface area contributed by atoms with Gasteiger partial charge in [0.25, 0.3) is 0 Å². The molecule has 29 heavy (non-hydrogen) atoms. The van der Waals surface area contributed by atoms with Crippen LogP contribution in [-0.4, -0.2) is 45.8 Å². The maximum absolute atomic E-state index is 13.4. The third-order valence-electron chi connectivity index (χ3n) is 5.28. The minimum Gasteiger partial charge on any atom is -0.337 e. The van der Waals surface area contributed by atoms with Crippen LogP contribution >= 0.6 is 11.6 Å². The smallest absolute Gasteiger partial charge is 0.245 e. The van der Waals surface area contributed by atoms with Gasteiger partial charge >= 0.3 is 0 Å². The van der Waals surface area contributed by atoms with E-state index in [-0.39, 0.29) is 28.7 Å². The summed E-state index contributed by atoms with van der Waals surface area (Å²) < 4.78 is 29.7. The van der Waals surface area contributed by atoms with E-state index in [1.54, 1.807) is 41.6 Å². The Kier molecular flexibility index (Phi) is 5.39. The van der Waals surface area contributed by atoms with Gasteiger partial charge in [-0.3, -0.25) is 9.78 Å². The third kappa shape index (κ3) is 3.66. The number of nitrogens with two attached hydrogens (primary N) is 1. The van der Waals surface area contributed by atoms with Gasteiger partial charge in [0.15, 0.2) is 0 Å². The summed E-state index contributed by atoms with van der Waals surface area (Å²) in [6.07, 6.45) is 7.78. The van der Waals surface area contributed by atoms with Crippen molar-refractivity contribution in [2.24, 2.45) is 11.7 Å². The molecule has 1 aliphatic rings. The molecule has 2 aromatic heterocycles. The average molecular weight is 434 g/mol. The van der Waals surface area contributed by atoms with E-state index in [0.29, 0.717) is 23.7 Å². The van der Waals surface area contributed by atoms with Crippen molar-refractivity contribution in [1.82, 2.24) is 18.8 Å². The van der Waals surface area contributed by atoms with Crippen LogP contribution in [0.5, 0.6) is 0 Å². The van der Waals surface area contributed by atoms with Gasteiger partial charge in [0.05, 0.1) is 22.4 Å². The summed E-state index contributed by atoms with van der Waals surface area (Å²) in [4.78, 5) is 20.7. The van der Waals surface area contributed by atoms with Crippen molar-refractivity contribution in [2.75, 3.05) is 6.54 Å². The monoisotopic (exact) mass is 433 g/mol. The number of fused-ring (bicyclic) bond motifs is 1. The molecule has 1 unspecified atom stereocenters. The molecular formula is C19H20ClN5O3S. The van der Waals surface area contributed by atoms with Gasteiger partial charge in [0.2, 0.25) is 10.0 Å². The molecule has 1 fully saturated rings. The van der Waals surface area contributed by atoms with E-state index < -0.39 is 22.1 Å². The van der Waals surface area contributed by atoms with Gasteiger partial charge in [-0.1, -0.05) is 23.7 Å². The molecule has 0 bridgehead atoms. The Morgan fingerprint density at radius 1 is 1.28 bits per heavy atom. The normalized spacial score (nSPS) is 20.3. The third-order valence-corrected chi connectivity index (χ3v) is 7.51. The predicted molar refractivity (Wildman–Crippen MR) is 109 cm³/mol. The van der Waals surface area contributed by atoms with Gasteiger partial charge in [-0.05, 0) is 12.5 Å². The van der Waals surface area contributed by atoms with Crippen molar-refractivity contribution in [3.63, 3.8) is 0 Å². The summed E-state index contributed by atoms with van der Waals surface area (Å²) in [5.41, 5.74) is 6.24. The highest BCUT2D eigenvalue weighted by atomic mass is 35.5. The molecular weight excluding hydrogens is 414 g/mol. The van der Waals surface area contributed by atoms with Crippen molar-refractivity contribution in [3.8, 4) is 0 Å². The number of sulfonamides is 1. The number of benzene rings is 1. The lowest BCUT2D eigenvalue weighted by Crippen LogP contribution is -2.45. The topological polar surface area (TPSA) is 111 Å². The fourth-order valence-corrected chi connectivity index (χ4v) is 5.89. The lowest BCUT2D eigenvalue weighted by Gasteiger charge is -2.24. The van der Waals surface area contributed by atoms with Crippen molar-refractivity contribution in [1.29, 1.82) is 0 Å². The summed E-state index contributed by atoms with van der Waals surface area (Å²) in [6.45, 7) is 0.671. The van der Waals surface area contributed by atoms with Crippen molar-refractivity contribution >= 4 is 38.2 Å². The zero-order chi connectivity index (χ0) is 20.6. The van der Waals surface area contributed by atoms with E-state index in [0.717, 1.165) is 0 Å². The Bertz CT molecular complexity index is 1140. The molecule has 4 rings (SSSR count). The Labute approximate surface area is 173 Å². The Morgan fingerprint density at radius 3 is 2.86 bits per heavy atom. The molecule has 0 spiro atoms. The summed E-state index contributed by atoms with van der Waals surface area (Å²) in [7, 11) is -3.93. The fraction of sp³-hybridized carbons (Fsp3) is 0.316. The van der Waals surface area contributed by atoms with Crippen LogP contribution in [0.15, 0.2) is 54.2 Å². The number of Topliss-reactive ketones (excluding diaryl/α,β-unsaturated/α-hetero) is 1. The number of carbonyl (C=O) groups excluding carboxylic acids is 1. The number of pyridine rings is 1. The lowest BCUT2D eigenvalue weighted by atomic mass is 9.98. The summed E-state index contributed by atoms with van der Waals surface area (Å²) in [5, 5.41) is 1.29. The van der Waals surface area contributed by atoms with Crippen LogP contribution in [0.1, 0.15) is 12.8 Å². The summed E-state index contributed by atoms with van der Waals surface area (Å²) in [5.74, 6) is -0.593. The first-order valence-electron chi connectivity index (χ1n) is 9.17. The quantitative estimate of drug-likeness (QED) is 0.636. The summed E-state index contributed by atoms with van der Waals surface area (Å²) >= 11 is 6.24. The van der Waals surface area contributed by atoms with Crippen molar-refractivity contribution in [3.05, 3.63) is 54.3 Å². The highest BCUT2D eigenvalue weighted by molar-refractivity contribution is 7.89. The van der Waals surface area contributed by atoms with E-state index in [2.05, 4.69) is 9.97 Å². The van der Waals surface area contributed by atoms with E-state index in [9.17, 15) is 13.2 Å². The molecule has 8 nitrogen and oxygen atoms in total. The zero-order valence-electron chi connectivity index (χ0n) is 15.5. The first-order valence-corrected chi connectivity index (χ1v) is 11.0. The molecule has 0 amide bonds.